The zero-order chi connectivity index (χ0) is 23.3. The average Bonchev–Trinajstić information content (AvgIpc) is 2.93. The maximum absolute atomic E-state index is 13.0. The van der Waals surface area contributed by atoms with Gasteiger partial charge in [-0.3, -0.25) is 9.59 Å². The van der Waals surface area contributed by atoms with Crippen LogP contribution in [0.1, 0.15) is 20.7 Å². The minimum absolute atomic E-state index is 0.0240. The number of anilines is 2. The Bertz CT molecular complexity index is 1020. The summed E-state index contributed by atoms with van der Waals surface area (Å²) in [5.74, 6) is 1.33. The van der Waals surface area contributed by atoms with Gasteiger partial charge >= 0.3 is 0 Å². The van der Waals surface area contributed by atoms with E-state index < -0.39 is 0 Å². The number of hydrogen-bond donors (Lipinski definition) is 0. The molecule has 0 radical (unpaired) electrons. The average molecular weight is 459 g/mol. The normalized spacial score (nSPS) is 16.5. The highest BCUT2D eigenvalue weighted by molar-refractivity contribution is 5.98. The quantitative estimate of drug-likeness (QED) is 0.575. The molecule has 2 saturated heterocycles. The molecule has 3 aromatic rings. The second-order valence-electron chi connectivity index (χ2n) is 8.23. The minimum Gasteiger partial charge on any atom is -0.337 e. The van der Waals surface area contributed by atoms with Crippen molar-refractivity contribution in [2.24, 2.45) is 0 Å². The first-order valence-corrected chi connectivity index (χ1v) is 11.4. The molecule has 5 rings (SSSR count). The van der Waals surface area contributed by atoms with E-state index in [1.165, 1.54) is 0 Å². The standard InChI is InChI=1S/C24H26N8O2/c33-21(29-11-15-31(16-12-29)23-25-7-1-8-26-23)19-3-5-20(6-4-19)22(34)30-13-17-32(18-14-30)24-27-9-2-10-28-24/h1-10H,11-18H2. The first kappa shape index (κ1) is 21.7. The third kappa shape index (κ3) is 4.66. The molecule has 0 aliphatic carbocycles. The van der Waals surface area contributed by atoms with Crippen LogP contribution in [-0.4, -0.2) is 93.9 Å². The van der Waals surface area contributed by atoms with Gasteiger partial charge in [-0.05, 0) is 36.4 Å². The summed E-state index contributed by atoms with van der Waals surface area (Å²) in [5.41, 5.74) is 1.18. The van der Waals surface area contributed by atoms with Gasteiger partial charge in [0.05, 0.1) is 0 Å². The van der Waals surface area contributed by atoms with Crippen molar-refractivity contribution in [2.45, 2.75) is 0 Å². The zero-order valence-electron chi connectivity index (χ0n) is 18.8. The molecule has 0 saturated carbocycles. The van der Waals surface area contributed by atoms with Gasteiger partial charge in [0.2, 0.25) is 11.9 Å². The first-order chi connectivity index (χ1) is 16.7. The summed E-state index contributed by atoms with van der Waals surface area (Å²) in [6.45, 7) is 5.16. The van der Waals surface area contributed by atoms with Crippen molar-refractivity contribution in [1.82, 2.24) is 29.7 Å². The van der Waals surface area contributed by atoms with Crippen molar-refractivity contribution in [3.8, 4) is 0 Å². The summed E-state index contributed by atoms with van der Waals surface area (Å²) in [4.78, 5) is 50.9. The Balaban J connectivity index is 1.15. The summed E-state index contributed by atoms with van der Waals surface area (Å²) >= 11 is 0. The highest BCUT2D eigenvalue weighted by Crippen LogP contribution is 2.16. The molecule has 34 heavy (non-hydrogen) atoms. The van der Waals surface area contributed by atoms with Crippen LogP contribution in [0.5, 0.6) is 0 Å². The van der Waals surface area contributed by atoms with Crippen molar-refractivity contribution in [1.29, 1.82) is 0 Å². The molecule has 10 nitrogen and oxygen atoms in total. The molecule has 0 unspecified atom stereocenters. The summed E-state index contributed by atoms with van der Waals surface area (Å²) in [6, 6.07) is 10.6. The van der Waals surface area contributed by atoms with Crippen molar-refractivity contribution in [3.63, 3.8) is 0 Å². The molecule has 0 N–H and O–H groups in total. The van der Waals surface area contributed by atoms with Crippen LogP contribution < -0.4 is 9.80 Å². The molecular formula is C24H26N8O2. The zero-order valence-corrected chi connectivity index (χ0v) is 18.8. The van der Waals surface area contributed by atoms with E-state index >= 15 is 0 Å². The highest BCUT2D eigenvalue weighted by atomic mass is 16.2. The van der Waals surface area contributed by atoms with Crippen LogP contribution in [0.4, 0.5) is 11.9 Å². The highest BCUT2D eigenvalue weighted by Gasteiger charge is 2.25. The third-order valence-corrected chi connectivity index (χ3v) is 6.18. The van der Waals surface area contributed by atoms with Crippen LogP contribution in [0, 0.1) is 0 Å². The molecule has 0 atom stereocenters. The predicted octanol–water partition coefficient (Wildman–Crippen LogP) is 1.19. The van der Waals surface area contributed by atoms with E-state index in [4.69, 9.17) is 0 Å². The van der Waals surface area contributed by atoms with E-state index in [1.807, 2.05) is 9.80 Å². The van der Waals surface area contributed by atoms with E-state index in [0.29, 0.717) is 75.4 Å². The second-order valence-corrected chi connectivity index (χ2v) is 8.23. The first-order valence-electron chi connectivity index (χ1n) is 11.4. The van der Waals surface area contributed by atoms with E-state index in [-0.39, 0.29) is 11.8 Å². The van der Waals surface area contributed by atoms with Crippen molar-refractivity contribution < 1.29 is 9.59 Å². The van der Waals surface area contributed by atoms with E-state index in [2.05, 4.69) is 29.7 Å². The van der Waals surface area contributed by atoms with Gasteiger partial charge in [0, 0.05) is 88.3 Å². The van der Waals surface area contributed by atoms with Gasteiger partial charge < -0.3 is 19.6 Å². The van der Waals surface area contributed by atoms with Gasteiger partial charge in [-0.15, -0.1) is 0 Å². The number of hydrogen-bond acceptors (Lipinski definition) is 8. The Morgan fingerprint density at radius 2 is 0.853 bits per heavy atom. The molecule has 4 heterocycles. The van der Waals surface area contributed by atoms with Crippen LogP contribution >= 0.6 is 0 Å². The van der Waals surface area contributed by atoms with Crippen LogP contribution in [-0.2, 0) is 0 Å². The number of nitrogens with zero attached hydrogens (tertiary/aromatic N) is 8. The molecule has 0 spiro atoms. The van der Waals surface area contributed by atoms with Crippen molar-refractivity contribution >= 4 is 23.7 Å². The van der Waals surface area contributed by atoms with Gasteiger partial charge in [0.25, 0.3) is 11.8 Å². The molecule has 2 aliphatic heterocycles. The predicted molar refractivity (Wildman–Crippen MR) is 127 cm³/mol. The molecular weight excluding hydrogens is 432 g/mol. The number of piperazine rings is 2. The molecule has 0 bridgehead atoms. The molecule has 2 aliphatic rings. The van der Waals surface area contributed by atoms with Crippen LogP contribution in [0.15, 0.2) is 61.2 Å². The lowest BCUT2D eigenvalue weighted by atomic mass is 10.1. The summed E-state index contributed by atoms with van der Waals surface area (Å²) < 4.78 is 0. The molecule has 10 heteroatoms. The van der Waals surface area contributed by atoms with Gasteiger partial charge in [0.1, 0.15) is 0 Å². The van der Waals surface area contributed by atoms with Crippen LogP contribution in [0.2, 0.25) is 0 Å². The Morgan fingerprint density at radius 1 is 0.529 bits per heavy atom. The fraction of sp³-hybridized carbons (Fsp3) is 0.333. The molecule has 2 fully saturated rings. The molecule has 174 valence electrons. The monoisotopic (exact) mass is 458 g/mol. The van der Waals surface area contributed by atoms with E-state index in [0.717, 1.165) is 0 Å². The number of carbonyl (C=O) groups is 2. The second kappa shape index (κ2) is 9.82. The van der Waals surface area contributed by atoms with E-state index in [9.17, 15) is 9.59 Å². The van der Waals surface area contributed by atoms with Gasteiger partial charge in [-0.2, -0.15) is 0 Å². The Labute approximate surface area is 197 Å². The fourth-order valence-corrected chi connectivity index (χ4v) is 4.25. The maximum atomic E-state index is 13.0. The van der Waals surface area contributed by atoms with Gasteiger partial charge in [-0.1, -0.05) is 0 Å². The van der Waals surface area contributed by atoms with Crippen LogP contribution in [0.3, 0.4) is 0 Å². The Hall–Kier alpha value is -4.08. The smallest absolute Gasteiger partial charge is 0.253 e. The summed E-state index contributed by atoms with van der Waals surface area (Å²) in [6.07, 6.45) is 6.89. The number of carbonyl (C=O) groups excluding carboxylic acids is 2. The summed E-state index contributed by atoms with van der Waals surface area (Å²) in [5, 5.41) is 0. The number of rotatable bonds is 4. The molecule has 1 aromatic carbocycles. The lowest BCUT2D eigenvalue weighted by Crippen LogP contribution is -2.49. The lowest BCUT2D eigenvalue weighted by molar-refractivity contribution is 0.0734. The maximum Gasteiger partial charge on any atom is 0.253 e. The fourth-order valence-electron chi connectivity index (χ4n) is 4.25. The SMILES string of the molecule is O=C(c1ccc(C(=O)N2CCN(c3ncccn3)CC2)cc1)N1CCN(c2ncccn2)CC1. The third-order valence-electron chi connectivity index (χ3n) is 6.18. The molecule has 2 amide bonds. The number of aromatic nitrogens is 4. The molecule has 2 aromatic heterocycles. The van der Waals surface area contributed by atoms with Crippen molar-refractivity contribution in [3.05, 3.63) is 72.3 Å². The van der Waals surface area contributed by atoms with E-state index in [1.54, 1.807) is 61.2 Å². The van der Waals surface area contributed by atoms with Crippen molar-refractivity contribution in [2.75, 3.05) is 62.2 Å². The summed E-state index contributed by atoms with van der Waals surface area (Å²) in [7, 11) is 0. The van der Waals surface area contributed by atoms with Gasteiger partial charge in [0.15, 0.2) is 0 Å². The Morgan fingerprint density at radius 3 is 1.18 bits per heavy atom. The van der Waals surface area contributed by atoms with Gasteiger partial charge in [-0.25, -0.2) is 19.9 Å². The minimum atomic E-state index is -0.0240. The largest absolute Gasteiger partial charge is 0.337 e. The number of benzene rings is 1. The van der Waals surface area contributed by atoms with Crippen LogP contribution in [0.25, 0.3) is 0 Å². The topological polar surface area (TPSA) is 98.7 Å². The lowest BCUT2D eigenvalue weighted by Gasteiger charge is -2.35. The Kier molecular flexibility index (Phi) is 6.28. The number of amides is 2.